The van der Waals surface area contributed by atoms with Crippen molar-refractivity contribution in [3.8, 4) is 0 Å². The van der Waals surface area contributed by atoms with Gasteiger partial charge in [-0.15, -0.1) is 0 Å². The van der Waals surface area contributed by atoms with Crippen LogP contribution in [0.25, 0.3) is 0 Å². The first-order valence-electron chi connectivity index (χ1n) is 3.04. The maximum atomic E-state index is 4.13. The van der Waals surface area contributed by atoms with Crippen molar-refractivity contribution in [1.82, 2.24) is 5.01 Å². The number of hydrogen-bond donors (Lipinski definition) is 0. The number of hydrogen-bond acceptors (Lipinski definition) is 2. The molecule has 0 aliphatic heterocycles. The highest BCUT2D eigenvalue weighted by molar-refractivity contribution is 5.78. The van der Waals surface area contributed by atoms with Crippen LogP contribution >= 0.6 is 0 Å². The Morgan fingerprint density at radius 3 is 2.33 bits per heavy atom. The number of rotatable bonds is 2. The van der Waals surface area contributed by atoms with E-state index in [4.69, 9.17) is 0 Å². The van der Waals surface area contributed by atoms with Gasteiger partial charge in [0.15, 0.2) is 0 Å². The van der Waals surface area contributed by atoms with Gasteiger partial charge in [0.25, 0.3) is 0 Å². The average molecular weight is 126 g/mol. The second kappa shape index (κ2) is 4.13. The van der Waals surface area contributed by atoms with Crippen molar-refractivity contribution in [2.45, 2.75) is 20.8 Å². The topological polar surface area (TPSA) is 15.6 Å². The van der Waals surface area contributed by atoms with E-state index >= 15 is 0 Å². The predicted molar refractivity (Wildman–Crippen MR) is 41.4 cm³/mol. The van der Waals surface area contributed by atoms with Gasteiger partial charge in [0.05, 0.1) is 0 Å². The molecule has 0 aromatic carbocycles. The molecular weight excluding hydrogens is 112 g/mol. The predicted octanol–water partition coefficient (Wildman–Crippen LogP) is 1.85. The summed E-state index contributed by atoms with van der Waals surface area (Å²) < 4.78 is 0. The second-order valence-electron chi connectivity index (χ2n) is 2.10. The third-order valence-corrected chi connectivity index (χ3v) is 0.723. The van der Waals surface area contributed by atoms with Crippen molar-refractivity contribution in [3.05, 3.63) is 12.3 Å². The van der Waals surface area contributed by atoms with Crippen LogP contribution in [0.4, 0.5) is 0 Å². The molecule has 2 nitrogen and oxygen atoms in total. The summed E-state index contributed by atoms with van der Waals surface area (Å²) in [5.41, 5.74) is 1.07. The Morgan fingerprint density at radius 1 is 1.44 bits per heavy atom. The zero-order chi connectivity index (χ0) is 7.28. The Morgan fingerprint density at radius 2 is 2.00 bits per heavy atom. The Kier molecular flexibility index (Phi) is 3.76. The summed E-state index contributed by atoms with van der Waals surface area (Å²) in [6.07, 6.45) is 3.86. The number of allylic oxidation sites excluding steroid dienone is 1. The lowest BCUT2D eigenvalue weighted by Gasteiger charge is -2.05. The van der Waals surface area contributed by atoms with Crippen LogP contribution < -0.4 is 0 Å². The molecule has 0 aromatic rings. The lowest BCUT2D eigenvalue weighted by molar-refractivity contribution is 0.489. The van der Waals surface area contributed by atoms with Crippen molar-refractivity contribution in [1.29, 1.82) is 0 Å². The Bertz CT molecular complexity index is 121. The molecule has 0 fully saturated rings. The number of hydrazone groups is 1. The molecule has 0 bridgehead atoms. The van der Waals surface area contributed by atoms with Crippen LogP contribution in [0, 0.1) is 0 Å². The van der Waals surface area contributed by atoms with Gasteiger partial charge < -0.3 is 0 Å². The molecule has 0 rings (SSSR count). The van der Waals surface area contributed by atoms with Gasteiger partial charge in [-0.1, -0.05) is 6.08 Å². The molecule has 0 radical (unpaired) electrons. The van der Waals surface area contributed by atoms with E-state index in [1.165, 1.54) is 0 Å². The molecule has 0 amide bonds. The summed E-state index contributed by atoms with van der Waals surface area (Å²) in [6, 6.07) is 0. The van der Waals surface area contributed by atoms with E-state index in [2.05, 4.69) is 5.10 Å². The molecule has 0 atom stereocenters. The first kappa shape index (κ1) is 8.21. The molecule has 9 heavy (non-hydrogen) atoms. The molecule has 0 aliphatic carbocycles. The molecule has 0 heterocycles. The fraction of sp³-hybridized carbons (Fsp3) is 0.571. The molecule has 0 spiro atoms. The Labute approximate surface area is 56.9 Å². The highest BCUT2D eigenvalue weighted by atomic mass is 15.4. The third kappa shape index (κ3) is 5.07. The molecule has 52 valence electrons. The van der Waals surface area contributed by atoms with Gasteiger partial charge in [-0.3, -0.25) is 5.01 Å². The highest BCUT2D eigenvalue weighted by Crippen LogP contribution is 1.85. The fourth-order valence-corrected chi connectivity index (χ4v) is 0.565. The largest absolute Gasteiger partial charge is 0.276 e. The molecule has 0 saturated heterocycles. The van der Waals surface area contributed by atoms with Gasteiger partial charge in [0.2, 0.25) is 0 Å². The summed E-state index contributed by atoms with van der Waals surface area (Å²) >= 11 is 0. The van der Waals surface area contributed by atoms with Crippen molar-refractivity contribution in [3.63, 3.8) is 0 Å². The van der Waals surface area contributed by atoms with Gasteiger partial charge in [-0.2, -0.15) is 5.10 Å². The molecule has 0 aromatic heterocycles. The van der Waals surface area contributed by atoms with E-state index in [1.54, 1.807) is 5.01 Å². The van der Waals surface area contributed by atoms with Crippen molar-refractivity contribution >= 4 is 5.71 Å². The van der Waals surface area contributed by atoms with Crippen LogP contribution in [0.5, 0.6) is 0 Å². The minimum absolute atomic E-state index is 1.07. The molecule has 0 saturated carbocycles. The Hall–Kier alpha value is -0.790. The number of nitrogens with zero attached hydrogens (tertiary/aromatic N) is 2. The van der Waals surface area contributed by atoms with E-state index in [-0.39, 0.29) is 0 Å². The minimum atomic E-state index is 1.07. The minimum Gasteiger partial charge on any atom is -0.276 e. The molecule has 0 aliphatic rings. The van der Waals surface area contributed by atoms with Crippen molar-refractivity contribution < 1.29 is 0 Å². The molecule has 2 heteroatoms. The van der Waals surface area contributed by atoms with Crippen LogP contribution in [0.1, 0.15) is 20.8 Å². The van der Waals surface area contributed by atoms with Gasteiger partial charge in [-0.05, 0) is 20.8 Å². The van der Waals surface area contributed by atoms with Crippen LogP contribution in [-0.4, -0.2) is 17.8 Å². The summed E-state index contributed by atoms with van der Waals surface area (Å²) in [5.74, 6) is 0. The standard InChI is InChI=1S/C7H14N2/c1-5-6-9(4)8-7(2)3/h5-6H,1-4H3/b6-5+. The monoisotopic (exact) mass is 126 g/mol. The first-order chi connectivity index (χ1) is 4.16. The molecule has 0 unspecified atom stereocenters. The summed E-state index contributed by atoms with van der Waals surface area (Å²) in [6.45, 7) is 5.91. The summed E-state index contributed by atoms with van der Waals surface area (Å²) in [4.78, 5) is 0. The zero-order valence-electron chi connectivity index (χ0n) is 6.55. The van der Waals surface area contributed by atoms with Gasteiger partial charge >= 0.3 is 0 Å². The Balaban J connectivity index is 3.76. The maximum absolute atomic E-state index is 4.13. The van der Waals surface area contributed by atoms with Gasteiger partial charge in [0, 0.05) is 19.0 Å². The van der Waals surface area contributed by atoms with E-state index < -0.39 is 0 Å². The average Bonchev–Trinajstić information content (AvgIpc) is 1.63. The first-order valence-corrected chi connectivity index (χ1v) is 3.04. The van der Waals surface area contributed by atoms with E-state index in [1.807, 2.05) is 40.1 Å². The highest BCUT2D eigenvalue weighted by Gasteiger charge is 1.81. The molecule has 0 N–H and O–H groups in total. The quantitative estimate of drug-likeness (QED) is 0.407. The SMILES string of the molecule is C/C=C/N(C)N=C(C)C. The van der Waals surface area contributed by atoms with E-state index in [0.717, 1.165) is 5.71 Å². The lowest BCUT2D eigenvalue weighted by Crippen LogP contribution is -2.02. The van der Waals surface area contributed by atoms with Crippen LogP contribution in [0.2, 0.25) is 0 Å². The normalized spacial score (nSPS) is 9.78. The third-order valence-electron chi connectivity index (χ3n) is 0.723. The zero-order valence-corrected chi connectivity index (χ0v) is 6.55. The van der Waals surface area contributed by atoms with Gasteiger partial charge in [-0.25, -0.2) is 0 Å². The van der Waals surface area contributed by atoms with E-state index in [9.17, 15) is 0 Å². The smallest absolute Gasteiger partial charge is 0.0322 e. The van der Waals surface area contributed by atoms with Crippen LogP contribution in [0.15, 0.2) is 17.4 Å². The summed E-state index contributed by atoms with van der Waals surface area (Å²) in [5, 5.41) is 5.92. The maximum Gasteiger partial charge on any atom is 0.0322 e. The fourth-order valence-electron chi connectivity index (χ4n) is 0.565. The molecular formula is C7H14N2. The van der Waals surface area contributed by atoms with Crippen LogP contribution in [-0.2, 0) is 0 Å². The van der Waals surface area contributed by atoms with Crippen molar-refractivity contribution in [2.24, 2.45) is 5.10 Å². The van der Waals surface area contributed by atoms with Crippen LogP contribution in [0.3, 0.4) is 0 Å². The van der Waals surface area contributed by atoms with Crippen molar-refractivity contribution in [2.75, 3.05) is 7.05 Å². The van der Waals surface area contributed by atoms with Gasteiger partial charge in [0.1, 0.15) is 0 Å². The second-order valence-corrected chi connectivity index (χ2v) is 2.10. The van der Waals surface area contributed by atoms with E-state index in [0.29, 0.717) is 0 Å². The lowest BCUT2D eigenvalue weighted by atomic mass is 10.5. The summed E-state index contributed by atoms with van der Waals surface area (Å²) in [7, 11) is 1.91.